The number of halogens is 1. The Morgan fingerprint density at radius 3 is 2.45 bits per heavy atom. The molecule has 4 rings (SSSR count). The number of anilines is 1. The van der Waals surface area contributed by atoms with Gasteiger partial charge in [0, 0.05) is 28.0 Å². The van der Waals surface area contributed by atoms with Crippen LogP contribution in [0.1, 0.15) is 11.3 Å². The molecule has 1 amide bonds. The fourth-order valence-electron chi connectivity index (χ4n) is 3.02. The molecular weight excluding hydrogens is 390 g/mol. The monoisotopic (exact) mass is 407 g/mol. The first kappa shape index (κ1) is 18.9. The number of hydrogen-bond acceptors (Lipinski definition) is 4. The topological polar surface area (TPSA) is 81.3 Å². The maximum Gasteiger partial charge on any atom is 0.352 e. The molecule has 4 aromatic rings. The zero-order valence-corrected chi connectivity index (χ0v) is 16.6. The molecule has 0 saturated carbocycles. The number of carbonyl (C=O) groups excluding carboxylic acids is 1. The highest BCUT2D eigenvalue weighted by atomic mass is 35.5. The summed E-state index contributed by atoms with van der Waals surface area (Å²) in [4.78, 5) is 29.9. The normalized spacial score (nSPS) is 11.0. The van der Waals surface area contributed by atoms with E-state index in [1.165, 1.54) is 4.40 Å². The fourth-order valence-corrected chi connectivity index (χ4v) is 3.15. The van der Waals surface area contributed by atoms with Gasteiger partial charge in [0.2, 0.25) is 5.91 Å². The summed E-state index contributed by atoms with van der Waals surface area (Å²) in [5.41, 5.74) is 3.19. The molecule has 2 aromatic heterocycles. The van der Waals surface area contributed by atoms with Crippen molar-refractivity contribution in [3.63, 3.8) is 0 Å². The summed E-state index contributed by atoms with van der Waals surface area (Å²) in [6, 6.07) is 16.2. The number of carbonyl (C=O) groups is 1. The third-order valence-corrected chi connectivity index (χ3v) is 4.68. The minimum absolute atomic E-state index is 0.201. The first-order chi connectivity index (χ1) is 13.9. The van der Waals surface area contributed by atoms with Gasteiger partial charge in [-0.25, -0.2) is 18.9 Å². The van der Waals surface area contributed by atoms with Crippen molar-refractivity contribution in [2.45, 2.75) is 20.4 Å². The van der Waals surface area contributed by atoms with Crippen LogP contribution in [-0.2, 0) is 11.3 Å². The second kappa shape index (κ2) is 7.52. The Morgan fingerprint density at radius 1 is 1.07 bits per heavy atom. The van der Waals surface area contributed by atoms with Crippen LogP contribution >= 0.6 is 11.6 Å². The maximum atomic E-state index is 13.0. The van der Waals surface area contributed by atoms with E-state index >= 15 is 0 Å². The molecule has 0 aliphatic carbocycles. The van der Waals surface area contributed by atoms with Crippen molar-refractivity contribution in [2.75, 3.05) is 5.32 Å². The molecular formula is C21H18ClN5O2. The van der Waals surface area contributed by atoms with Crippen LogP contribution < -0.4 is 11.0 Å². The number of nitrogens with one attached hydrogen (secondary N) is 1. The van der Waals surface area contributed by atoms with Gasteiger partial charge in [-0.15, -0.1) is 5.10 Å². The van der Waals surface area contributed by atoms with E-state index in [0.717, 1.165) is 15.8 Å². The number of benzene rings is 2. The second-order valence-electron chi connectivity index (χ2n) is 6.78. The predicted octanol–water partition coefficient (Wildman–Crippen LogP) is 3.47. The van der Waals surface area contributed by atoms with Gasteiger partial charge >= 0.3 is 5.69 Å². The Labute approximate surface area is 171 Å². The number of aryl methyl sites for hydroxylation is 2. The number of hydrogen-bond donors (Lipinski definition) is 1. The van der Waals surface area contributed by atoms with Crippen molar-refractivity contribution < 1.29 is 4.79 Å². The van der Waals surface area contributed by atoms with Crippen LogP contribution in [0.4, 0.5) is 5.69 Å². The number of fused-ring (bicyclic) bond motifs is 1. The molecule has 8 heteroatoms. The Balaban J connectivity index is 1.69. The van der Waals surface area contributed by atoms with Gasteiger partial charge in [0.05, 0.1) is 0 Å². The molecule has 0 aliphatic rings. The minimum Gasteiger partial charge on any atom is -0.324 e. The second-order valence-corrected chi connectivity index (χ2v) is 7.21. The van der Waals surface area contributed by atoms with Gasteiger partial charge in [-0.1, -0.05) is 29.3 Å². The van der Waals surface area contributed by atoms with E-state index in [1.54, 1.807) is 30.3 Å². The van der Waals surface area contributed by atoms with Crippen LogP contribution in [0, 0.1) is 13.8 Å². The maximum absolute atomic E-state index is 13.0. The molecule has 0 unspecified atom stereocenters. The number of amides is 1. The van der Waals surface area contributed by atoms with Gasteiger partial charge in [-0.3, -0.25) is 4.79 Å². The molecule has 0 atom stereocenters. The van der Waals surface area contributed by atoms with E-state index in [0.29, 0.717) is 27.9 Å². The van der Waals surface area contributed by atoms with Gasteiger partial charge < -0.3 is 5.32 Å². The Hall–Kier alpha value is -3.45. The van der Waals surface area contributed by atoms with E-state index in [1.807, 2.05) is 38.1 Å². The van der Waals surface area contributed by atoms with Crippen molar-refractivity contribution in [1.82, 2.24) is 19.2 Å². The Morgan fingerprint density at radius 2 is 1.76 bits per heavy atom. The number of rotatable bonds is 4. The summed E-state index contributed by atoms with van der Waals surface area (Å²) in [6.45, 7) is 3.59. The lowest BCUT2D eigenvalue weighted by molar-refractivity contribution is -0.117. The van der Waals surface area contributed by atoms with E-state index in [-0.39, 0.29) is 12.5 Å². The van der Waals surface area contributed by atoms with Gasteiger partial charge in [0.1, 0.15) is 12.4 Å². The molecule has 0 saturated heterocycles. The largest absolute Gasteiger partial charge is 0.352 e. The van der Waals surface area contributed by atoms with Crippen molar-refractivity contribution in [2.24, 2.45) is 0 Å². The van der Waals surface area contributed by atoms with Crippen LogP contribution in [0.25, 0.3) is 17.0 Å². The van der Waals surface area contributed by atoms with Gasteiger partial charge in [-0.2, -0.15) is 0 Å². The molecule has 0 bridgehead atoms. The van der Waals surface area contributed by atoms with E-state index in [4.69, 9.17) is 11.6 Å². The first-order valence-corrected chi connectivity index (χ1v) is 9.38. The highest BCUT2D eigenvalue weighted by Gasteiger charge is 2.16. The molecule has 2 aromatic carbocycles. The zero-order chi connectivity index (χ0) is 20.5. The summed E-state index contributed by atoms with van der Waals surface area (Å²) in [7, 11) is 0. The molecule has 146 valence electrons. The summed E-state index contributed by atoms with van der Waals surface area (Å²) < 4.78 is 2.54. The SMILES string of the molecule is Cc1ccc(NC(=O)Cn2nc3cc(C)nc(-c4ccc(Cl)cc4)n3c2=O)cc1. The third-order valence-electron chi connectivity index (χ3n) is 4.43. The number of nitrogens with zero attached hydrogens (tertiary/aromatic N) is 4. The smallest absolute Gasteiger partial charge is 0.324 e. The molecule has 1 N–H and O–H groups in total. The quantitative estimate of drug-likeness (QED) is 0.561. The highest BCUT2D eigenvalue weighted by molar-refractivity contribution is 6.30. The highest BCUT2D eigenvalue weighted by Crippen LogP contribution is 2.20. The van der Waals surface area contributed by atoms with Gasteiger partial charge in [0.15, 0.2) is 5.65 Å². The minimum atomic E-state index is -0.434. The third kappa shape index (κ3) is 3.90. The van der Waals surface area contributed by atoms with Crippen LogP contribution in [0.5, 0.6) is 0 Å². The Bertz CT molecular complexity index is 1260. The van der Waals surface area contributed by atoms with E-state index in [9.17, 15) is 9.59 Å². The first-order valence-electron chi connectivity index (χ1n) is 9.00. The molecule has 0 spiro atoms. The average Bonchev–Trinajstić information content (AvgIpc) is 2.98. The predicted molar refractivity (Wildman–Crippen MR) is 112 cm³/mol. The van der Waals surface area contributed by atoms with Crippen LogP contribution in [-0.4, -0.2) is 25.1 Å². The van der Waals surface area contributed by atoms with Crippen LogP contribution in [0.15, 0.2) is 59.4 Å². The van der Waals surface area contributed by atoms with Crippen molar-refractivity contribution in [3.05, 3.63) is 81.4 Å². The number of aromatic nitrogens is 4. The molecule has 2 heterocycles. The standard InChI is InChI=1S/C21H18ClN5O2/c1-13-3-9-17(10-4-13)24-19(28)12-26-21(29)27-18(25-26)11-14(2)23-20(27)15-5-7-16(22)8-6-15/h3-11H,12H2,1-2H3,(H,24,28). The molecule has 0 radical (unpaired) electrons. The molecule has 0 fully saturated rings. The van der Waals surface area contributed by atoms with Crippen molar-refractivity contribution >= 4 is 28.8 Å². The molecule has 29 heavy (non-hydrogen) atoms. The lowest BCUT2D eigenvalue weighted by atomic mass is 10.2. The van der Waals surface area contributed by atoms with E-state index < -0.39 is 5.69 Å². The summed E-state index contributed by atoms with van der Waals surface area (Å²) >= 11 is 5.97. The zero-order valence-electron chi connectivity index (χ0n) is 15.9. The Kier molecular flexibility index (Phi) is 4.90. The van der Waals surface area contributed by atoms with Crippen LogP contribution in [0.3, 0.4) is 0 Å². The van der Waals surface area contributed by atoms with Crippen molar-refractivity contribution in [3.8, 4) is 11.4 Å². The molecule has 0 aliphatic heterocycles. The van der Waals surface area contributed by atoms with Gasteiger partial charge in [0.25, 0.3) is 0 Å². The van der Waals surface area contributed by atoms with Crippen molar-refractivity contribution in [1.29, 1.82) is 0 Å². The summed E-state index contributed by atoms with van der Waals surface area (Å²) in [6.07, 6.45) is 0. The lowest BCUT2D eigenvalue weighted by Crippen LogP contribution is -2.28. The summed E-state index contributed by atoms with van der Waals surface area (Å²) in [5.74, 6) is 0.115. The van der Waals surface area contributed by atoms with Gasteiger partial charge in [-0.05, 0) is 50.2 Å². The lowest BCUT2D eigenvalue weighted by Gasteiger charge is -2.05. The average molecular weight is 408 g/mol. The van der Waals surface area contributed by atoms with E-state index in [2.05, 4.69) is 15.4 Å². The summed E-state index contributed by atoms with van der Waals surface area (Å²) in [5, 5.41) is 7.68. The fraction of sp³-hybridized carbons (Fsp3) is 0.143. The molecule has 7 nitrogen and oxygen atoms in total. The van der Waals surface area contributed by atoms with Crippen LogP contribution in [0.2, 0.25) is 5.02 Å².